The number of piperidine rings is 1. The number of amides is 1. The van der Waals surface area contributed by atoms with E-state index in [4.69, 9.17) is 14.6 Å². The number of carbonyl (C=O) groups excluding carboxylic acids is 2. The third-order valence-corrected chi connectivity index (χ3v) is 5.05. The number of imidazole rings is 1. The number of nitrogens with zero attached hydrogens (tertiary/aromatic N) is 2. The summed E-state index contributed by atoms with van der Waals surface area (Å²) < 4.78 is 10.8. The molecule has 0 saturated carbocycles. The number of H-pyrrole nitrogens is 1. The average molecular weight is 444 g/mol. The van der Waals surface area contributed by atoms with Crippen molar-refractivity contribution in [2.45, 2.75) is 58.6 Å². The Morgan fingerprint density at radius 2 is 1.88 bits per heavy atom. The molecule has 1 fully saturated rings. The lowest BCUT2D eigenvalue weighted by Gasteiger charge is -2.35. The number of aromatic amines is 1. The fraction of sp³-hybridized carbons (Fsp3) is 0.478. The molecule has 2 aromatic rings. The first-order valence-electron chi connectivity index (χ1n) is 10.7. The normalized spacial score (nSPS) is 16.5. The van der Waals surface area contributed by atoms with E-state index in [9.17, 15) is 14.4 Å². The van der Waals surface area contributed by atoms with E-state index in [0.29, 0.717) is 30.0 Å². The van der Waals surface area contributed by atoms with Gasteiger partial charge in [-0.2, -0.15) is 0 Å². The van der Waals surface area contributed by atoms with Gasteiger partial charge in [0.2, 0.25) is 0 Å². The number of nitrogens with one attached hydrogen (secondary N) is 1. The first-order chi connectivity index (χ1) is 15.1. The van der Waals surface area contributed by atoms with Gasteiger partial charge in [-0.3, -0.25) is 4.90 Å². The van der Waals surface area contributed by atoms with Gasteiger partial charge in [-0.15, -0.1) is 0 Å². The van der Waals surface area contributed by atoms with Crippen LogP contribution in [0.1, 0.15) is 79.7 Å². The number of likely N-dealkylation sites (tertiary alicyclic amines) is 1. The van der Waals surface area contributed by atoms with Crippen LogP contribution >= 0.6 is 0 Å². The first-order valence-corrected chi connectivity index (χ1v) is 10.7. The third-order valence-electron chi connectivity index (χ3n) is 5.05. The van der Waals surface area contributed by atoms with Crippen LogP contribution in [0.3, 0.4) is 0 Å². The molecular formula is C23H29N3O6. The molecular weight excluding hydrogens is 414 g/mol. The molecule has 32 heavy (non-hydrogen) atoms. The van der Waals surface area contributed by atoms with Gasteiger partial charge >= 0.3 is 18.0 Å². The first kappa shape index (κ1) is 23.3. The minimum absolute atomic E-state index is 0.130. The Balaban J connectivity index is 2.00. The molecule has 1 aliphatic rings. The SMILES string of the molecule is CCOC(=O)c1[nH]c([C@@H]2CCCCN2C(=O)OC(C)(C)C)nc1-c1ccc(C(=O)O)cc1. The lowest BCUT2D eigenvalue weighted by atomic mass is 10.0. The van der Waals surface area contributed by atoms with Gasteiger partial charge in [0.1, 0.15) is 17.1 Å². The standard InChI is InChI=1S/C23H29N3O6/c1-5-31-21(29)18-17(14-9-11-15(12-10-14)20(27)28)24-19(25-18)16-8-6-7-13-26(16)22(30)32-23(2,3)4/h9-12,16H,5-8,13H2,1-4H3,(H,24,25)(H,27,28)/t16-/m0/s1. The lowest BCUT2D eigenvalue weighted by molar-refractivity contribution is 0.00852. The molecule has 0 spiro atoms. The molecule has 1 atom stereocenters. The summed E-state index contributed by atoms with van der Waals surface area (Å²) >= 11 is 0. The Morgan fingerprint density at radius 1 is 1.19 bits per heavy atom. The van der Waals surface area contributed by atoms with Crippen molar-refractivity contribution in [1.82, 2.24) is 14.9 Å². The zero-order valence-corrected chi connectivity index (χ0v) is 18.8. The molecule has 2 heterocycles. The molecule has 0 radical (unpaired) electrons. The highest BCUT2D eigenvalue weighted by atomic mass is 16.6. The van der Waals surface area contributed by atoms with E-state index in [1.807, 2.05) is 20.8 Å². The summed E-state index contributed by atoms with van der Waals surface area (Å²) in [5.41, 5.74) is 0.588. The molecule has 1 aromatic heterocycles. The zero-order valence-electron chi connectivity index (χ0n) is 18.8. The number of carboxylic acids is 1. The van der Waals surface area contributed by atoms with Crippen LogP contribution in [-0.2, 0) is 9.47 Å². The Morgan fingerprint density at radius 3 is 2.47 bits per heavy atom. The number of hydrogen-bond donors (Lipinski definition) is 2. The topological polar surface area (TPSA) is 122 Å². The van der Waals surface area contributed by atoms with Crippen LogP contribution < -0.4 is 0 Å². The molecule has 1 amide bonds. The van der Waals surface area contributed by atoms with Crippen LogP contribution in [-0.4, -0.2) is 56.8 Å². The van der Waals surface area contributed by atoms with Gasteiger partial charge in [-0.05, 0) is 59.1 Å². The molecule has 0 bridgehead atoms. The van der Waals surface area contributed by atoms with E-state index in [0.717, 1.165) is 12.8 Å². The van der Waals surface area contributed by atoms with E-state index in [1.54, 1.807) is 24.0 Å². The van der Waals surface area contributed by atoms with Crippen molar-refractivity contribution in [2.75, 3.05) is 13.2 Å². The zero-order chi connectivity index (χ0) is 23.5. The predicted molar refractivity (Wildman–Crippen MR) is 116 cm³/mol. The van der Waals surface area contributed by atoms with Gasteiger partial charge in [0, 0.05) is 12.1 Å². The largest absolute Gasteiger partial charge is 0.478 e. The fourth-order valence-electron chi connectivity index (χ4n) is 3.63. The van der Waals surface area contributed by atoms with Crippen LogP contribution in [0.5, 0.6) is 0 Å². The summed E-state index contributed by atoms with van der Waals surface area (Å²) in [6, 6.07) is 5.72. The van der Waals surface area contributed by atoms with Crippen LogP contribution in [0.4, 0.5) is 4.79 Å². The molecule has 2 N–H and O–H groups in total. The van der Waals surface area contributed by atoms with Gasteiger partial charge < -0.3 is 19.6 Å². The summed E-state index contributed by atoms with van der Waals surface area (Å²) in [6.45, 7) is 7.87. The van der Waals surface area contributed by atoms with E-state index in [2.05, 4.69) is 9.97 Å². The quantitative estimate of drug-likeness (QED) is 0.656. The van der Waals surface area contributed by atoms with Crippen molar-refractivity contribution in [3.63, 3.8) is 0 Å². The second-order valence-corrected chi connectivity index (χ2v) is 8.63. The summed E-state index contributed by atoms with van der Waals surface area (Å²) in [5, 5.41) is 9.15. The minimum atomic E-state index is -1.04. The van der Waals surface area contributed by atoms with Gasteiger partial charge in [-0.25, -0.2) is 19.4 Å². The lowest BCUT2D eigenvalue weighted by Crippen LogP contribution is -2.42. The fourth-order valence-corrected chi connectivity index (χ4v) is 3.63. The van der Waals surface area contributed by atoms with E-state index >= 15 is 0 Å². The van der Waals surface area contributed by atoms with Crippen molar-refractivity contribution in [1.29, 1.82) is 0 Å². The molecule has 1 aromatic carbocycles. The Bertz CT molecular complexity index is 990. The van der Waals surface area contributed by atoms with Gasteiger partial charge in [0.05, 0.1) is 18.2 Å². The number of aromatic carboxylic acids is 1. The Labute approximate surface area is 186 Å². The highest BCUT2D eigenvalue weighted by Gasteiger charge is 2.34. The predicted octanol–water partition coefficient (Wildman–Crippen LogP) is 4.41. The summed E-state index contributed by atoms with van der Waals surface area (Å²) in [5.74, 6) is -1.14. The Hall–Kier alpha value is -3.36. The van der Waals surface area contributed by atoms with Crippen molar-refractivity contribution in [2.24, 2.45) is 0 Å². The number of ether oxygens (including phenoxy) is 2. The van der Waals surface area contributed by atoms with Crippen molar-refractivity contribution in [3.8, 4) is 11.3 Å². The second kappa shape index (κ2) is 9.42. The monoisotopic (exact) mass is 443 g/mol. The molecule has 3 rings (SSSR count). The van der Waals surface area contributed by atoms with Crippen LogP contribution in [0, 0.1) is 0 Å². The molecule has 0 unspecified atom stereocenters. The maximum absolute atomic E-state index is 12.8. The average Bonchev–Trinajstić information content (AvgIpc) is 3.18. The third kappa shape index (κ3) is 5.27. The van der Waals surface area contributed by atoms with Gasteiger partial charge in [0.15, 0.2) is 5.69 Å². The number of esters is 1. The van der Waals surface area contributed by atoms with Gasteiger partial charge in [-0.1, -0.05) is 12.1 Å². The molecule has 1 saturated heterocycles. The molecule has 9 heteroatoms. The minimum Gasteiger partial charge on any atom is -0.478 e. The smallest absolute Gasteiger partial charge is 0.410 e. The highest BCUT2D eigenvalue weighted by molar-refractivity contribution is 5.95. The Kier molecular flexibility index (Phi) is 6.86. The highest BCUT2D eigenvalue weighted by Crippen LogP contribution is 2.33. The number of hydrogen-bond acceptors (Lipinski definition) is 6. The van der Waals surface area contributed by atoms with Crippen molar-refractivity contribution < 1.29 is 29.0 Å². The summed E-state index contributed by atoms with van der Waals surface area (Å²) in [6.07, 6.45) is 2.00. The van der Waals surface area contributed by atoms with Crippen LogP contribution in [0.15, 0.2) is 24.3 Å². The number of carbonyl (C=O) groups is 3. The number of aromatic nitrogens is 2. The summed E-state index contributed by atoms with van der Waals surface area (Å²) in [7, 11) is 0. The van der Waals surface area contributed by atoms with Crippen molar-refractivity contribution >= 4 is 18.0 Å². The maximum Gasteiger partial charge on any atom is 0.410 e. The summed E-state index contributed by atoms with van der Waals surface area (Å²) in [4.78, 5) is 46.0. The van der Waals surface area contributed by atoms with Crippen molar-refractivity contribution in [3.05, 3.63) is 41.3 Å². The van der Waals surface area contributed by atoms with E-state index in [-0.39, 0.29) is 23.9 Å². The second-order valence-electron chi connectivity index (χ2n) is 8.63. The number of rotatable bonds is 5. The molecule has 9 nitrogen and oxygen atoms in total. The maximum atomic E-state index is 12.8. The number of benzene rings is 1. The van der Waals surface area contributed by atoms with E-state index < -0.39 is 23.6 Å². The molecule has 172 valence electrons. The van der Waals surface area contributed by atoms with Crippen LogP contribution in [0.25, 0.3) is 11.3 Å². The van der Waals surface area contributed by atoms with Crippen LogP contribution in [0.2, 0.25) is 0 Å². The molecule has 0 aliphatic carbocycles. The number of carboxylic acid groups (broad SMARTS) is 1. The van der Waals surface area contributed by atoms with Gasteiger partial charge in [0.25, 0.3) is 0 Å². The molecule has 1 aliphatic heterocycles. The van der Waals surface area contributed by atoms with E-state index in [1.165, 1.54) is 12.1 Å².